The summed E-state index contributed by atoms with van der Waals surface area (Å²) < 4.78 is 5.08. The number of hydrogen-bond acceptors (Lipinski definition) is 2. The van der Waals surface area contributed by atoms with Crippen molar-refractivity contribution in [3.05, 3.63) is 36.3 Å². The molecule has 5 heteroatoms. The van der Waals surface area contributed by atoms with E-state index >= 15 is 0 Å². The molecule has 0 unspecified atom stereocenters. The van der Waals surface area contributed by atoms with Crippen LogP contribution in [0.1, 0.15) is 12.7 Å². The van der Waals surface area contributed by atoms with Crippen molar-refractivity contribution in [3.8, 4) is 0 Å². The minimum Gasteiger partial charge on any atom is -0.467 e. The fraction of sp³-hybridized carbons (Fsp3) is 0.200. The van der Waals surface area contributed by atoms with Gasteiger partial charge in [0.05, 0.1) is 6.26 Å². The predicted molar refractivity (Wildman–Crippen MR) is 62.1 cm³/mol. The van der Waals surface area contributed by atoms with E-state index in [1.807, 2.05) is 13.0 Å². The average molecular weight is 226 g/mol. The van der Waals surface area contributed by atoms with E-state index in [0.717, 1.165) is 5.76 Å². The first-order valence-corrected chi connectivity index (χ1v) is 4.79. The van der Waals surface area contributed by atoms with Gasteiger partial charge in [0, 0.05) is 0 Å². The van der Waals surface area contributed by atoms with Gasteiger partial charge in [0.2, 0.25) is 5.96 Å². The molecule has 4 nitrogen and oxygen atoms in total. The molecule has 1 rings (SSSR count). The highest BCUT2D eigenvalue weighted by molar-refractivity contribution is 6.69. The summed E-state index contributed by atoms with van der Waals surface area (Å²) in [4.78, 5) is 7.83. The Morgan fingerprint density at radius 1 is 1.67 bits per heavy atom. The maximum Gasteiger partial charge on any atom is 0.217 e. The van der Waals surface area contributed by atoms with Gasteiger partial charge in [0.25, 0.3) is 0 Å². The van der Waals surface area contributed by atoms with Crippen LogP contribution in [0.5, 0.6) is 0 Å². The van der Waals surface area contributed by atoms with Crippen LogP contribution >= 0.6 is 11.6 Å². The van der Waals surface area contributed by atoms with E-state index in [0.29, 0.717) is 11.7 Å². The van der Waals surface area contributed by atoms with E-state index in [2.05, 4.69) is 9.98 Å². The number of halogens is 1. The Hall–Kier alpha value is -1.55. The number of hydrogen-bond donors (Lipinski definition) is 1. The van der Waals surface area contributed by atoms with Gasteiger partial charge in [-0.3, -0.25) is 0 Å². The van der Waals surface area contributed by atoms with E-state index in [1.165, 1.54) is 0 Å². The topological polar surface area (TPSA) is 63.9 Å². The van der Waals surface area contributed by atoms with Gasteiger partial charge in [-0.15, -0.1) is 0 Å². The maximum absolute atomic E-state index is 5.72. The monoisotopic (exact) mass is 225 g/mol. The first kappa shape index (κ1) is 11.5. The molecule has 0 saturated heterocycles. The SMILES string of the molecule is C/C=C/C(Cl)=N\C(N)=NCc1ccco1. The normalized spacial score (nSPS) is 13.7. The van der Waals surface area contributed by atoms with Crippen molar-refractivity contribution in [2.75, 3.05) is 0 Å². The lowest BCUT2D eigenvalue weighted by Crippen LogP contribution is -2.09. The highest BCUT2D eigenvalue weighted by Crippen LogP contribution is 2.01. The Kier molecular flexibility index (Phi) is 4.63. The molecule has 1 aromatic heterocycles. The summed E-state index contributed by atoms with van der Waals surface area (Å²) in [7, 11) is 0. The van der Waals surface area contributed by atoms with E-state index < -0.39 is 0 Å². The second-order valence-corrected chi connectivity index (χ2v) is 3.08. The van der Waals surface area contributed by atoms with Gasteiger partial charge in [-0.1, -0.05) is 17.7 Å². The lowest BCUT2D eigenvalue weighted by molar-refractivity contribution is 0.512. The molecule has 15 heavy (non-hydrogen) atoms. The van der Waals surface area contributed by atoms with Crippen LogP contribution in [0.3, 0.4) is 0 Å². The minimum atomic E-state index is 0.134. The summed E-state index contributed by atoms with van der Waals surface area (Å²) in [5.41, 5.74) is 5.52. The van der Waals surface area contributed by atoms with Gasteiger partial charge in [-0.05, 0) is 25.1 Å². The quantitative estimate of drug-likeness (QED) is 0.634. The fourth-order valence-electron chi connectivity index (χ4n) is 0.881. The molecule has 2 N–H and O–H groups in total. The number of furan rings is 1. The first-order valence-electron chi connectivity index (χ1n) is 4.41. The molecule has 0 aliphatic rings. The Morgan fingerprint density at radius 3 is 3.07 bits per heavy atom. The number of guanidine groups is 1. The smallest absolute Gasteiger partial charge is 0.217 e. The predicted octanol–water partition coefficient (Wildman–Crippen LogP) is 2.31. The summed E-state index contributed by atoms with van der Waals surface area (Å²) in [5, 5.41) is 0.304. The molecule has 0 saturated carbocycles. The van der Waals surface area contributed by atoms with Crippen molar-refractivity contribution in [3.63, 3.8) is 0 Å². The third kappa shape index (κ3) is 4.46. The third-order valence-electron chi connectivity index (χ3n) is 1.50. The van der Waals surface area contributed by atoms with Gasteiger partial charge in [0.15, 0.2) is 0 Å². The van der Waals surface area contributed by atoms with Crippen LogP contribution in [0.2, 0.25) is 0 Å². The number of allylic oxidation sites excluding steroid dienone is 2. The standard InChI is InChI=1S/C10H12ClN3O/c1-2-4-9(11)14-10(12)13-7-8-5-3-6-15-8/h2-6H,7H2,1H3,(H2,12,13)/b4-2+,14-9+. The van der Waals surface area contributed by atoms with Crippen molar-refractivity contribution in [1.29, 1.82) is 0 Å². The zero-order valence-electron chi connectivity index (χ0n) is 8.35. The Labute approximate surface area is 93.2 Å². The maximum atomic E-state index is 5.72. The number of nitrogens with two attached hydrogens (primary N) is 1. The molecule has 80 valence electrons. The van der Waals surface area contributed by atoms with Gasteiger partial charge < -0.3 is 10.2 Å². The van der Waals surface area contributed by atoms with Crippen LogP contribution in [0.4, 0.5) is 0 Å². The molecule has 0 amide bonds. The lowest BCUT2D eigenvalue weighted by Gasteiger charge is -1.93. The van der Waals surface area contributed by atoms with Crippen LogP contribution in [-0.4, -0.2) is 11.1 Å². The van der Waals surface area contributed by atoms with E-state index in [1.54, 1.807) is 24.5 Å². The molecule has 0 aliphatic heterocycles. The molecule has 0 atom stereocenters. The molecule has 0 radical (unpaired) electrons. The van der Waals surface area contributed by atoms with Crippen molar-refractivity contribution < 1.29 is 4.42 Å². The summed E-state index contributed by atoms with van der Waals surface area (Å²) in [6, 6.07) is 3.60. The number of nitrogens with zero attached hydrogens (tertiary/aromatic N) is 2. The highest BCUT2D eigenvalue weighted by Gasteiger charge is 1.94. The second kappa shape index (κ2) is 6.03. The minimum absolute atomic E-state index is 0.134. The molecule has 0 spiro atoms. The van der Waals surface area contributed by atoms with E-state index in [9.17, 15) is 0 Å². The Bertz CT molecular complexity index is 379. The van der Waals surface area contributed by atoms with Gasteiger partial charge in [-0.2, -0.15) is 0 Å². The Morgan fingerprint density at radius 2 is 2.47 bits per heavy atom. The van der Waals surface area contributed by atoms with Gasteiger partial charge >= 0.3 is 0 Å². The fourth-order valence-corrected chi connectivity index (χ4v) is 1.09. The molecule has 0 aromatic carbocycles. The molecular formula is C10H12ClN3O. The molecule has 1 aromatic rings. The highest BCUT2D eigenvalue weighted by atomic mass is 35.5. The lowest BCUT2D eigenvalue weighted by atomic mass is 10.4. The summed E-state index contributed by atoms with van der Waals surface area (Å²) in [5.74, 6) is 0.866. The van der Waals surface area contributed by atoms with Gasteiger partial charge in [-0.25, -0.2) is 9.98 Å². The van der Waals surface area contributed by atoms with Crippen molar-refractivity contribution in [1.82, 2.24) is 0 Å². The second-order valence-electron chi connectivity index (χ2n) is 2.69. The molecule has 0 bridgehead atoms. The van der Waals surface area contributed by atoms with Crippen LogP contribution < -0.4 is 5.73 Å². The largest absolute Gasteiger partial charge is 0.467 e. The molecule has 0 fully saturated rings. The number of rotatable bonds is 3. The van der Waals surface area contributed by atoms with E-state index in [4.69, 9.17) is 21.8 Å². The first-order chi connectivity index (χ1) is 7.22. The molecule has 1 heterocycles. The van der Waals surface area contributed by atoms with Crippen molar-refractivity contribution >= 4 is 22.7 Å². The molecule has 0 aliphatic carbocycles. The zero-order valence-corrected chi connectivity index (χ0v) is 9.11. The summed E-state index contributed by atoms with van der Waals surface area (Å²) in [6.07, 6.45) is 4.99. The van der Waals surface area contributed by atoms with Gasteiger partial charge in [0.1, 0.15) is 17.5 Å². The zero-order chi connectivity index (χ0) is 11.1. The summed E-state index contributed by atoms with van der Waals surface area (Å²) in [6.45, 7) is 2.20. The average Bonchev–Trinajstić information content (AvgIpc) is 2.67. The van der Waals surface area contributed by atoms with Crippen LogP contribution in [-0.2, 0) is 6.54 Å². The van der Waals surface area contributed by atoms with Crippen LogP contribution in [0.25, 0.3) is 0 Å². The Balaban J connectivity index is 2.57. The van der Waals surface area contributed by atoms with Crippen LogP contribution in [0, 0.1) is 0 Å². The van der Waals surface area contributed by atoms with Crippen molar-refractivity contribution in [2.24, 2.45) is 15.7 Å². The number of aliphatic imine (C=N–C) groups is 2. The van der Waals surface area contributed by atoms with E-state index in [-0.39, 0.29) is 5.96 Å². The third-order valence-corrected chi connectivity index (χ3v) is 1.71. The molecular weight excluding hydrogens is 214 g/mol. The van der Waals surface area contributed by atoms with Crippen molar-refractivity contribution in [2.45, 2.75) is 13.5 Å². The summed E-state index contributed by atoms with van der Waals surface area (Å²) >= 11 is 5.72. The van der Waals surface area contributed by atoms with Crippen LogP contribution in [0.15, 0.2) is 44.9 Å².